The van der Waals surface area contributed by atoms with Gasteiger partial charge in [-0.05, 0) is 39.3 Å². The molecule has 0 unspecified atom stereocenters. The Morgan fingerprint density at radius 3 is 2.68 bits per heavy atom. The van der Waals surface area contributed by atoms with E-state index in [0.29, 0.717) is 0 Å². The van der Waals surface area contributed by atoms with Crippen LogP contribution in [0.25, 0.3) is 10.9 Å². The number of hydrogen-bond donors (Lipinski definition) is 1. The smallest absolute Gasteiger partial charge is 0.0975 e. The summed E-state index contributed by atoms with van der Waals surface area (Å²) in [6.45, 7) is 7.93. The molecule has 1 aromatic heterocycles. The zero-order chi connectivity index (χ0) is 14.2. The van der Waals surface area contributed by atoms with Crippen LogP contribution >= 0.6 is 0 Å². The predicted molar refractivity (Wildman–Crippen MR) is 80.2 cm³/mol. The van der Waals surface area contributed by atoms with Crippen molar-refractivity contribution < 1.29 is 4.21 Å². The fourth-order valence-electron chi connectivity index (χ4n) is 1.98. The molecule has 0 bridgehead atoms. The zero-order valence-corrected chi connectivity index (χ0v) is 12.9. The number of fused-ring (bicyclic) bond motifs is 1. The Bertz CT molecular complexity index is 613. The van der Waals surface area contributed by atoms with Crippen LogP contribution in [0.3, 0.4) is 0 Å². The van der Waals surface area contributed by atoms with Gasteiger partial charge in [-0.25, -0.2) is 8.93 Å². The molecule has 5 heteroatoms. The SMILES string of the molecule is C[C@H](N[S@@](=O)C(C)(C)C)c1cccc2c1cnn2C. The summed E-state index contributed by atoms with van der Waals surface area (Å²) in [5, 5.41) is 5.39. The lowest BCUT2D eigenvalue weighted by Gasteiger charge is -2.22. The van der Waals surface area contributed by atoms with E-state index in [-0.39, 0.29) is 10.8 Å². The summed E-state index contributed by atoms with van der Waals surface area (Å²) in [5.41, 5.74) is 2.22. The molecule has 1 heterocycles. The first-order valence-electron chi connectivity index (χ1n) is 6.39. The molecule has 0 aliphatic carbocycles. The molecule has 2 aromatic rings. The van der Waals surface area contributed by atoms with E-state index in [1.165, 1.54) is 0 Å². The Labute approximate surface area is 116 Å². The molecular formula is C14H21N3OS. The Kier molecular flexibility index (Phi) is 3.78. The van der Waals surface area contributed by atoms with E-state index in [1.807, 2.05) is 57.8 Å². The molecule has 2 rings (SSSR count). The van der Waals surface area contributed by atoms with E-state index in [1.54, 1.807) is 0 Å². The highest BCUT2D eigenvalue weighted by Gasteiger charge is 2.22. The van der Waals surface area contributed by atoms with E-state index in [2.05, 4.69) is 15.9 Å². The van der Waals surface area contributed by atoms with Crippen LogP contribution in [0.15, 0.2) is 24.4 Å². The monoisotopic (exact) mass is 279 g/mol. The summed E-state index contributed by atoms with van der Waals surface area (Å²) in [7, 11) is 0.847. The minimum absolute atomic E-state index is 0.0213. The second-order valence-electron chi connectivity index (χ2n) is 5.77. The molecule has 0 aliphatic heterocycles. The van der Waals surface area contributed by atoms with Crippen LogP contribution in [-0.4, -0.2) is 18.7 Å². The molecule has 1 aromatic carbocycles. The van der Waals surface area contributed by atoms with Gasteiger partial charge in [-0.3, -0.25) is 4.68 Å². The molecule has 0 spiro atoms. The molecule has 0 amide bonds. The van der Waals surface area contributed by atoms with Gasteiger partial charge in [0.25, 0.3) is 0 Å². The van der Waals surface area contributed by atoms with Crippen LogP contribution in [0.5, 0.6) is 0 Å². The van der Waals surface area contributed by atoms with E-state index in [0.717, 1.165) is 16.5 Å². The molecule has 19 heavy (non-hydrogen) atoms. The van der Waals surface area contributed by atoms with Crippen molar-refractivity contribution >= 4 is 21.9 Å². The fourth-order valence-corrected chi connectivity index (χ4v) is 2.78. The van der Waals surface area contributed by atoms with Crippen molar-refractivity contribution in [2.45, 2.75) is 38.5 Å². The predicted octanol–water partition coefficient (Wildman–Crippen LogP) is 2.69. The normalized spacial score (nSPS) is 15.6. The van der Waals surface area contributed by atoms with Crippen LogP contribution in [0.4, 0.5) is 0 Å². The number of nitrogens with one attached hydrogen (secondary N) is 1. The van der Waals surface area contributed by atoms with Crippen LogP contribution in [0.2, 0.25) is 0 Å². The first kappa shape index (κ1) is 14.2. The summed E-state index contributed by atoms with van der Waals surface area (Å²) in [4.78, 5) is 0. The lowest BCUT2D eigenvalue weighted by Crippen LogP contribution is -2.34. The standard InChI is InChI=1S/C14H21N3OS/c1-10(16-19(18)14(2,3)4)11-7-6-8-13-12(11)9-15-17(13)5/h6-10,16H,1-5H3/t10-,19-/m0/s1. The number of hydrogen-bond acceptors (Lipinski definition) is 2. The zero-order valence-electron chi connectivity index (χ0n) is 12.1. The van der Waals surface area contributed by atoms with Gasteiger partial charge in [-0.15, -0.1) is 0 Å². The van der Waals surface area contributed by atoms with Crippen LogP contribution in [0.1, 0.15) is 39.3 Å². The first-order valence-corrected chi connectivity index (χ1v) is 7.54. The summed E-state index contributed by atoms with van der Waals surface area (Å²) in [6.07, 6.45) is 1.86. The van der Waals surface area contributed by atoms with Gasteiger partial charge in [0.1, 0.15) is 0 Å². The quantitative estimate of drug-likeness (QED) is 0.939. The van der Waals surface area contributed by atoms with Gasteiger partial charge in [0.2, 0.25) is 0 Å². The fraction of sp³-hybridized carbons (Fsp3) is 0.500. The summed E-state index contributed by atoms with van der Waals surface area (Å²) >= 11 is 0. The highest BCUT2D eigenvalue weighted by Crippen LogP contribution is 2.24. The average molecular weight is 279 g/mol. The molecule has 0 aliphatic rings. The van der Waals surface area contributed by atoms with Gasteiger partial charge >= 0.3 is 0 Å². The third kappa shape index (κ3) is 2.87. The lowest BCUT2D eigenvalue weighted by molar-refractivity contribution is 0.617. The van der Waals surface area contributed by atoms with Crippen LogP contribution < -0.4 is 4.72 Å². The summed E-state index contributed by atoms with van der Waals surface area (Å²) in [6, 6.07) is 6.13. The maximum Gasteiger partial charge on any atom is 0.0975 e. The van der Waals surface area contributed by atoms with Gasteiger partial charge in [0.15, 0.2) is 0 Å². The molecule has 0 fully saturated rings. The second kappa shape index (κ2) is 5.06. The minimum atomic E-state index is -1.08. The third-order valence-corrected chi connectivity index (χ3v) is 4.81. The molecule has 0 saturated heterocycles. The van der Waals surface area contributed by atoms with Crippen molar-refractivity contribution in [2.75, 3.05) is 0 Å². The summed E-state index contributed by atoms with van der Waals surface area (Å²) < 4.78 is 16.9. The van der Waals surface area contributed by atoms with Gasteiger partial charge in [-0.2, -0.15) is 5.10 Å². The van der Waals surface area contributed by atoms with E-state index >= 15 is 0 Å². The molecule has 0 saturated carbocycles. The van der Waals surface area contributed by atoms with Gasteiger partial charge in [0.05, 0.1) is 27.4 Å². The molecule has 104 valence electrons. The van der Waals surface area contributed by atoms with Crippen molar-refractivity contribution in [1.82, 2.24) is 14.5 Å². The maximum atomic E-state index is 12.2. The highest BCUT2D eigenvalue weighted by atomic mass is 32.2. The minimum Gasteiger partial charge on any atom is -0.268 e. The van der Waals surface area contributed by atoms with Crippen molar-refractivity contribution in [1.29, 1.82) is 0 Å². The largest absolute Gasteiger partial charge is 0.268 e. The first-order chi connectivity index (χ1) is 8.80. The van der Waals surface area contributed by atoms with Gasteiger partial charge in [0, 0.05) is 18.5 Å². The molecule has 2 atom stereocenters. The number of rotatable bonds is 3. The molecule has 1 N–H and O–H groups in total. The average Bonchev–Trinajstić information content (AvgIpc) is 2.70. The van der Waals surface area contributed by atoms with Crippen LogP contribution in [-0.2, 0) is 18.0 Å². The Morgan fingerprint density at radius 1 is 1.37 bits per heavy atom. The van der Waals surface area contributed by atoms with Crippen molar-refractivity contribution in [2.24, 2.45) is 7.05 Å². The van der Waals surface area contributed by atoms with Crippen LogP contribution in [0, 0.1) is 0 Å². The van der Waals surface area contributed by atoms with Crippen molar-refractivity contribution in [3.63, 3.8) is 0 Å². The highest BCUT2D eigenvalue weighted by molar-refractivity contribution is 7.84. The number of aryl methyl sites for hydroxylation is 1. The Balaban J connectivity index is 2.32. The topological polar surface area (TPSA) is 46.9 Å². The molecule has 4 nitrogen and oxygen atoms in total. The Morgan fingerprint density at radius 2 is 2.05 bits per heavy atom. The summed E-state index contributed by atoms with van der Waals surface area (Å²) in [5.74, 6) is 0. The van der Waals surface area contributed by atoms with E-state index < -0.39 is 11.0 Å². The maximum absolute atomic E-state index is 12.2. The molecule has 0 radical (unpaired) electrons. The van der Waals surface area contributed by atoms with Crippen molar-refractivity contribution in [3.8, 4) is 0 Å². The lowest BCUT2D eigenvalue weighted by atomic mass is 10.1. The Hall–Kier alpha value is -1.20. The van der Waals surface area contributed by atoms with E-state index in [9.17, 15) is 4.21 Å². The number of nitrogens with zero attached hydrogens (tertiary/aromatic N) is 2. The van der Waals surface area contributed by atoms with Gasteiger partial charge < -0.3 is 0 Å². The molecular weight excluding hydrogens is 258 g/mol. The van der Waals surface area contributed by atoms with E-state index in [4.69, 9.17) is 0 Å². The van der Waals surface area contributed by atoms with Crippen molar-refractivity contribution in [3.05, 3.63) is 30.0 Å². The van der Waals surface area contributed by atoms with Gasteiger partial charge in [-0.1, -0.05) is 12.1 Å². The number of benzene rings is 1. The number of aromatic nitrogens is 2. The third-order valence-electron chi connectivity index (χ3n) is 3.13. The second-order valence-corrected chi connectivity index (χ2v) is 7.77.